The van der Waals surface area contributed by atoms with Crippen molar-refractivity contribution >= 4 is 21.4 Å². The lowest BCUT2D eigenvalue weighted by atomic mass is 10.0. The van der Waals surface area contributed by atoms with Gasteiger partial charge in [0.05, 0.1) is 24.7 Å². The first-order chi connectivity index (χ1) is 15.8. The van der Waals surface area contributed by atoms with Crippen molar-refractivity contribution in [2.45, 2.75) is 29.6 Å². The molecule has 0 unspecified atom stereocenters. The van der Waals surface area contributed by atoms with Gasteiger partial charge >= 0.3 is 0 Å². The molecule has 2 heterocycles. The molecule has 2 aromatic heterocycles. The van der Waals surface area contributed by atoms with Crippen LogP contribution in [0.4, 0.5) is 0 Å². The minimum Gasteiger partial charge on any atom is -0.493 e. The number of ether oxygens (including phenoxy) is 2. The van der Waals surface area contributed by atoms with Crippen LogP contribution in [-0.2, 0) is 16.3 Å². The zero-order chi connectivity index (χ0) is 23.6. The molecule has 4 rings (SSSR count). The Morgan fingerprint density at radius 3 is 2.52 bits per heavy atom. The quantitative estimate of drug-likeness (QED) is 0.366. The molecule has 0 N–H and O–H groups in total. The molecule has 0 saturated carbocycles. The number of carbonyl (C=O) groups is 1. The molecule has 4 aromatic rings. The highest BCUT2D eigenvalue weighted by Crippen LogP contribution is 2.38. The summed E-state index contributed by atoms with van der Waals surface area (Å²) >= 11 is 0. The standard InChI is InChI=1S/C24H23N3O5S/c1-16-12-21(31-2)23(32-3)22(13-16)33(29,30)19-7-4-17(5-8-19)6-9-20(28)18-14-26-24-25-10-11-27(24)15-18/h4-5,7-8,10-15H,6,9H2,1-3H3. The number of fused-ring (bicyclic) bond motifs is 1. The molecule has 0 radical (unpaired) electrons. The van der Waals surface area contributed by atoms with Gasteiger partial charge in [-0.15, -0.1) is 0 Å². The van der Waals surface area contributed by atoms with Gasteiger partial charge in [-0.25, -0.2) is 18.4 Å². The fraction of sp³-hybridized carbons (Fsp3) is 0.208. The van der Waals surface area contributed by atoms with Crippen LogP contribution in [0.3, 0.4) is 0 Å². The van der Waals surface area contributed by atoms with Crippen molar-refractivity contribution in [2.75, 3.05) is 14.2 Å². The Bertz CT molecular complexity index is 1430. The molecule has 33 heavy (non-hydrogen) atoms. The summed E-state index contributed by atoms with van der Waals surface area (Å²) in [6.07, 6.45) is 7.33. The van der Waals surface area contributed by atoms with Crippen LogP contribution in [0, 0.1) is 6.92 Å². The molecule has 2 aromatic carbocycles. The third-order valence-electron chi connectivity index (χ3n) is 5.32. The predicted octanol–water partition coefficient (Wildman–Crippen LogP) is 3.70. The van der Waals surface area contributed by atoms with Crippen molar-refractivity contribution in [3.63, 3.8) is 0 Å². The van der Waals surface area contributed by atoms with Crippen molar-refractivity contribution in [2.24, 2.45) is 0 Å². The second-order valence-electron chi connectivity index (χ2n) is 7.55. The molecule has 170 valence electrons. The van der Waals surface area contributed by atoms with Crippen molar-refractivity contribution in [1.82, 2.24) is 14.4 Å². The Morgan fingerprint density at radius 1 is 1.06 bits per heavy atom. The molecule has 0 atom stereocenters. The smallest absolute Gasteiger partial charge is 0.233 e. The topological polar surface area (TPSA) is 99.9 Å². The molecule has 0 spiro atoms. The number of aromatic nitrogens is 3. The number of carbonyl (C=O) groups excluding carboxylic acids is 1. The van der Waals surface area contributed by atoms with Crippen molar-refractivity contribution in [3.8, 4) is 11.5 Å². The van der Waals surface area contributed by atoms with Gasteiger partial charge in [0.1, 0.15) is 4.90 Å². The maximum Gasteiger partial charge on any atom is 0.233 e. The number of imidazole rings is 1. The van der Waals surface area contributed by atoms with Gasteiger partial charge in [0, 0.05) is 31.2 Å². The summed E-state index contributed by atoms with van der Waals surface area (Å²) in [6, 6.07) is 9.81. The van der Waals surface area contributed by atoms with E-state index < -0.39 is 9.84 Å². The lowest BCUT2D eigenvalue weighted by Crippen LogP contribution is -2.07. The number of rotatable bonds is 8. The molecule has 0 aliphatic carbocycles. The Morgan fingerprint density at radius 2 is 1.82 bits per heavy atom. The van der Waals surface area contributed by atoms with E-state index in [4.69, 9.17) is 9.47 Å². The first kappa shape index (κ1) is 22.5. The van der Waals surface area contributed by atoms with E-state index in [1.165, 1.54) is 20.4 Å². The zero-order valence-corrected chi connectivity index (χ0v) is 19.3. The lowest BCUT2D eigenvalue weighted by Gasteiger charge is -2.14. The Kier molecular flexibility index (Phi) is 6.15. The van der Waals surface area contributed by atoms with Gasteiger partial charge in [-0.3, -0.25) is 9.20 Å². The van der Waals surface area contributed by atoms with E-state index in [2.05, 4.69) is 9.97 Å². The van der Waals surface area contributed by atoms with Gasteiger partial charge in [-0.2, -0.15) is 0 Å². The number of methoxy groups -OCH3 is 2. The first-order valence-electron chi connectivity index (χ1n) is 10.2. The average Bonchev–Trinajstić information content (AvgIpc) is 3.30. The van der Waals surface area contributed by atoms with Gasteiger partial charge in [0.15, 0.2) is 17.3 Å². The molecular weight excluding hydrogens is 442 g/mol. The first-order valence-corrected chi connectivity index (χ1v) is 11.7. The highest BCUT2D eigenvalue weighted by Gasteiger charge is 2.25. The monoisotopic (exact) mass is 465 g/mol. The number of sulfone groups is 1. The highest BCUT2D eigenvalue weighted by molar-refractivity contribution is 7.91. The number of benzene rings is 2. The van der Waals surface area contributed by atoms with Crippen LogP contribution >= 0.6 is 0 Å². The van der Waals surface area contributed by atoms with Crippen LogP contribution in [0.25, 0.3) is 5.78 Å². The van der Waals surface area contributed by atoms with Gasteiger partial charge in [0.25, 0.3) is 0 Å². The fourth-order valence-corrected chi connectivity index (χ4v) is 5.10. The Labute approximate surface area is 191 Å². The van der Waals surface area contributed by atoms with E-state index in [1.54, 1.807) is 66.3 Å². The number of Topliss-reactive ketones (excluding diaryl/α,β-unsaturated/α-hetero) is 1. The fourth-order valence-electron chi connectivity index (χ4n) is 3.58. The molecule has 0 bridgehead atoms. The number of ketones is 1. The number of hydrogen-bond donors (Lipinski definition) is 0. The van der Waals surface area contributed by atoms with E-state index in [0.29, 0.717) is 23.5 Å². The molecule has 8 nitrogen and oxygen atoms in total. The third-order valence-corrected chi connectivity index (χ3v) is 7.10. The number of hydrogen-bond acceptors (Lipinski definition) is 7. The van der Waals surface area contributed by atoms with Gasteiger partial charge in [-0.1, -0.05) is 12.1 Å². The second-order valence-corrected chi connectivity index (χ2v) is 9.46. The van der Waals surface area contributed by atoms with Crippen LogP contribution in [0.15, 0.2) is 71.0 Å². The van der Waals surface area contributed by atoms with Crippen molar-refractivity contribution in [3.05, 3.63) is 77.9 Å². The molecule has 9 heteroatoms. The summed E-state index contributed by atoms with van der Waals surface area (Å²) in [6.45, 7) is 1.79. The summed E-state index contributed by atoms with van der Waals surface area (Å²) in [4.78, 5) is 21.0. The highest BCUT2D eigenvalue weighted by atomic mass is 32.2. The van der Waals surface area contributed by atoms with E-state index >= 15 is 0 Å². The molecule has 0 amide bonds. The van der Waals surface area contributed by atoms with Crippen LogP contribution in [0.5, 0.6) is 11.5 Å². The van der Waals surface area contributed by atoms with Crippen LogP contribution in [0.1, 0.15) is 27.9 Å². The Balaban J connectivity index is 1.52. The largest absolute Gasteiger partial charge is 0.493 e. The summed E-state index contributed by atoms with van der Waals surface area (Å²) in [7, 11) is -0.957. The average molecular weight is 466 g/mol. The number of aryl methyl sites for hydroxylation is 2. The zero-order valence-electron chi connectivity index (χ0n) is 18.5. The number of nitrogens with zero attached hydrogens (tertiary/aromatic N) is 3. The van der Waals surface area contributed by atoms with Crippen LogP contribution in [0.2, 0.25) is 0 Å². The SMILES string of the molecule is COc1cc(C)cc(S(=O)(=O)c2ccc(CCC(=O)c3cnc4nccn4c3)cc2)c1OC. The minimum absolute atomic E-state index is 0.0483. The Hall–Kier alpha value is -3.72. The summed E-state index contributed by atoms with van der Waals surface area (Å²) in [5.41, 5.74) is 2.10. The van der Waals surface area contributed by atoms with Crippen molar-refractivity contribution < 1.29 is 22.7 Å². The normalized spacial score (nSPS) is 11.5. The molecule has 0 saturated heterocycles. The van der Waals surface area contributed by atoms with E-state index in [1.807, 2.05) is 0 Å². The van der Waals surface area contributed by atoms with E-state index in [0.717, 1.165) is 11.1 Å². The van der Waals surface area contributed by atoms with Crippen LogP contribution < -0.4 is 9.47 Å². The molecule has 0 fully saturated rings. The van der Waals surface area contributed by atoms with Gasteiger partial charge < -0.3 is 9.47 Å². The van der Waals surface area contributed by atoms with Gasteiger partial charge in [0.2, 0.25) is 15.6 Å². The van der Waals surface area contributed by atoms with E-state index in [-0.39, 0.29) is 27.7 Å². The summed E-state index contributed by atoms with van der Waals surface area (Å²) in [5, 5.41) is 0. The predicted molar refractivity (Wildman–Crippen MR) is 122 cm³/mol. The van der Waals surface area contributed by atoms with Crippen LogP contribution in [-0.4, -0.2) is 42.8 Å². The second kappa shape index (κ2) is 9.03. The summed E-state index contributed by atoms with van der Waals surface area (Å²) < 4.78 is 38.9. The molecule has 0 aliphatic heterocycles. The maximum atomic E-state index is 13.3. The summed E-state index contributed by atoms with van der Waals surface area (Å²) in [5.74, 6) is 1.01. The lowest BCUT2D eigenvalue weighted by molar-refractivity contribution is 0.0982. The maximum absolute atomic E-state index is 13.3. The minimum atomic E-state index is -3.83. The molecular formula is C24H23N3O5S. The third kappa shape index (κ3) is 4.45. The van der Waals surface area contributed by atoms with Crippen molar-refractivity contribution in [1.29, 1.82) is 0 Å². The molecule has 0 aliphatic rings. The van der Waals surface area contributed by atoms with E-state index in [9.17, 15) is 13.2 Å². The van der Waals surface area contributed by atoms with Gasteiger partial charge in [-0.05, 0) is 48.7 Å².